The van der Waals surface area contributed by atoms with E-state index < -0.39 is 0 Å². The molecule has 0 N–H and O–H groups in total. The molecular weight excluding hydrogens is 144 g/mol. The van der Waals surface area contributed by atoms with Crippen molar-refractivity contribution in [1.82, 2.24) is 0 Å². The third-order valence-corrected chi connectivity index (χ3v) is 2.13. The normalized spacial score (nSPS) is 12.5. The van der Waals surface area contributed by atoms with Crippen LogP contribution >= 0.6 is 0 Å². The zero-order valence-corrected chi connectivity index (χ0v) is 8.43. The van der Waals surface area contributed by atoms with Crippen LogP contribution in [0.4, 0.5) is 0 Å². The molecule has 0 aliphatic rings. The quantitative estimate of drug-likeness (QED) is 0.442. The minimum absolute atomic E-state index is 0.189. The monoisotopic (exact) mass is 160 g/mol. The van der Waals surface area contributed by atoms with Crippen LogP contribution in [0.5, 0.6) is 0 Å². The first-order valence-electron chi connectivity index (χ1n) is 3.78. The fourth-order valence-electron chi connectivity index (χ4n) is 0.581. The predicted molar refractivity (Wildman–Crippen MR) is 45.7 cm³/mol. The smallest absolute Gasteiger partial charge is 0.115 e. The molecule has 10 heavy (non-hydrogen) atoms. The van der Waals surface area contributed by atoms with Crippen LogP contribution < -0.4 is 0 Å². The van der Waals surface area contributed by atoms with E-state index in [1.165, 1.54) is 0 Å². The van der Waals surface area contributed by atoms with E-state index in [9.17, 15) is 0 Å². The molecule has 2 nitrogen and oxygen atoms in total. The summed E-state index contributed by atoms with van der Waals surface area (Å²) in [5.41, 5.74) is 0. The molecule has 0 saturated carbocycles. The summed E-state index contributed by atoms with van der Waals surface area (Å²) in [7, 11) is -0.189. The molecule has 0 aromatic heterocycles. The van der Waals surface area contributed by atoms with Crippen LogP contribution in [0, 0.1) is 0 Å². The van der Waals surface area contributed by atoms with Crippen LogP contribution in [0.3, 0.4) is 0 Å². The Labute approximate surface area is 65.0 Å². The van der Waals surface area contributed by atoms with Crippen molar-refractivity contribution in [2.75, 3.05) is 13.2 Å². The fourth-order valence-corrected chi connectivity index (χ4v) is 1.27. The highest BCUT2D eigenvalue weighted by Gasteiger charge is 1.91. The first-order chi connectivity index (χ1) is 4.85. The summed E-state index contributed by atoms with van der Waals surface area (Å²) in [5, 5.41) is 1.06. The maximum Gasteiger partial charge on any atom is 0.115 e. The molecule has 0 rings (SSSR count). The van der Waals surface area contributed by atoms with Crippen LogP contribution in [-0.2, 0) is 9.47 Å². The van der Waals surface area contributed by atoms with Crippen molar-refractivity contribution in [3.8, 4) is 0 Å². The van der Waals surface area contributed by atoms with Crippen molar-refractivity contribution in [3.05, 3.63) is 11.6 Å². The van der Waals surface area contributed by atoms with E-state index in [2.05, 4.69) is 6.55 Å². The first kappa shape index (κ1) is 9.56. The van der Waals surface area contributed by atoms with Gasteiger partial charge in [-0.05, 0) is 13.8 Å². The topological polar surface area (TPSA) is 18.5 Å². The molecule has 0 spiro atoms. The van der Waals surface area contributed by atoms with Gasteiger partial charge in [0.05, 0.1) is 13.2 Å². The lowest BCUT2D eigenvalue weighted by Gasteiger charge is -2.04. The third kappa shape index (κ3) is 4.44. The molecule has 0 amide bonds. The molecule has 0 saturated heterocycles. The Hall–Kier alpha value is -0.443. The molecule has 0 aromatic carbocycles. The second-order valence-corrected chi connectivity index (χ2v) is 3.23. The average Bonchev–Trinajstić information content (AvgIpc) is 1.98. The zero-order chi connectivity index (χ0) is 7.82. The van der Waals surface area contributed by atoms with E-state index in [4.69, 9.17) is 9.47 Å². The summed E-state index contributed by atoms with van der Waals surface area (Å²) in [5.74, 6) is 0. The molecule has 0 aliphatic heterocycles. The largest absolute Gasteiger partial charge is 0.501 e. The van der Waals surface area contributed by atoms with E-state index in [1.807, 2.05) is 13.8 Å². The lowest BCUT2D eigenvalue weighted by atomic mass is 10.8. The molecule has 0 fully saturated rings. The van der Waals surface area contributed by atoms with Gasteiger partial charge in [-0.3, -0.25) is 0 Å². The lowest BCUT2D eigenvalue weighted by Crippen LogP contribution is -1.98. The van der Waals surface area contributed by atoms with Crippen molar-refractivity contribution in [2.24, 2.45) is 0 Å². The second-order valence-electron chi connectivity index (χ2n) is 1.83. The predicted octanol–water partition coefficient (Wildman–Crippen LogP) is 1.08. The number of hydrogen-bond donors (Lipinski definition) is 0. The first-order valence-corrected chi connectivity index (χ1v) is 5.90. The molecule has 3 heteroatoms. The van der Waals surface area contributed by atoms with Crippen LogP contribution in [0.25, 0.3) is 0 Å². The SMILES string of the molecule is CCOC=C(OCC)[SiH2]C. The summed E-state index contributed by atoms with van der Waals surface area (Å²) in [6.07, 6.45) is 1.75. The second kappa shape index (κ2) is 6.67. The van der Waals surface area contributed by atoms with E-state index in [0.29, 0.717) is 0 Å². The van der Waals surface area contributed by atoms with Gasteiger partial charge in [0.2, 0.25) is 0 Å². The molecule has 0 unspecified atom stereocenters. The van der Waals surface area contributed by atoms with Crippen molar-refractivity contribution in [1.29, 1.82) is 0 Å². The van der Waals surface area contributed by atoms with Gasteiger partial charge in [-0.2, -0.15) is 0 Å². The van der Waals surface area contributed by atoms with Crippen LogP contribution in [-0.4, -0.2) is 22.7 Å². The van der Waals surface area contributed by atoms with Crippen molar-refractivity contribution < 1.29 is 9.47 Å². The van der Waals surface area contributed by atoms with Crippen LogP contribution in [0.2, 0.25) is 6.55 Å². The molecule has 0 aromatic rings. The Morgan fingerprint density at radius 1 is 1.40 bits per heavy atom. The van der Waals surface area contributed by atoms with E-state index in [0.717, 1.165) is 18.6 Å². The van der Waals surface area contributed by atoms with Gasteiger partial charge in [0.15, 0.2) is 0 Å². The Morgan fingerprint density at radius 3 is 2.50 bits per heavy atom. The van der Waals surface area contributed by atoms with Crippen molar-refractivity contribution in [3.63, 3.8) is 0 Å². The molecular formula is C7H16O2Si. The summed E-state index contributed by atoms with van der Waals surface area (Å²) < 4.78 is 10.4. The average molecular weight is 160 g/mol. The Balaban J connectivity index is 3.55. The molecule has 0 radical (unpaired) electrons. The van der Waals surface area contributed by atoms with E-state index in [-0.39, 0.29) is 9.52 Å². The number of ether oxygens (including phenoxy) is 2. The summed E-state index contributed by atoms with van der Waals surface area (Å²) in [6.45, 7) is 7.62. The summed E-state index contributed by atoms with van der Waals surface area (Å²) in [6, 6.07) is 0. The van der Waals surface area contributed by atoms with Crippen LogP contribution in [0.1, 0.15) is 13.8 Å². The van der Waals surface area contributed by atoms with Gasteiger partial charge in [-0.1, -0.05) is 6.55 Å². The molecule has 0 bridgehead atoms. The number of hydrogen-bond acceptors (Lipinski definition) is 2. The zero-order valence-electron chi connectivity index (χ0n) is 7.02. The molecule has 60 valence electrons. The summed E-state index contributed by atoms with van der Waals surface area (Å²) in [4.78, 5) is 0. The minimum Gasteiger partial charge on any atom is -0.501 e. The van der Waals surface area contributed by atoms with Crippen molar-refractivity contribution >= 4 is 9.52 Å². The van der Waals surface area contributed by atoms with Gasteiger partial charge in [0.1, 0.15) is 21.2 Å². The standard InChI is InChI=1S/C7H16O2Si/c1-4-8-6-7(10-3)9-5-2/h6H,4-5,10H2,1-3H3. The van der Waals surface area contributed by atoms with Gasteiger partial charge in [0.25, 0.3) is 0 Å². The molecule has 0 atom stereocenters. The Bertz CT molecular complexity index is 102. The maximum absolute atomic E-state index is 5.29. The van der Waals surface area contributed by atoms with Crippen LogP contribution in [0.15, 0.2) is 11.6 Å². The highest BCUT2D eigenvalue weighted by atomic mass is 28.2. The van der Waals surface area contributed by atoms with E-state index >= 15 is 0 Å². The van der Waals surface area contributed by atoms with Crippen molar-refractivity contribution in [2.45, 2.75) is 20.4 Å². The third-order valence-electron chi connectivity index (χ3n) is 1.06. The van der Waals surface area contributed by atoms with Gasteiger partial charge < -0.3 is 9.47 Å². The minimum atomic E-state index is -0.189. The van der Waals surface area contributed by atoms with Gasteiger partial charge in [-0.25, -0.2) is 0 Å². The fraction of sp³-hybridized carbons (Fsp3) is 0.714. The molecule has 0 heterocycles. The van der Waals surface area contributed by atoms with Gasteiger partial charge in [-0.15, -0.1) is 0 Å². The maximum atomic E-state index is 5.29. The highest BCUT2D eigenvalue weighted by molar-refractivity contribution is 6.42. The Morgan fingerprint density at radius 2 is 2.10 bits per heavy atom. The molecule has 0 aliphatic carbocycles. The number of rotatable bonds is 5. The van der Waals surface area contributed by atoms with Gasteiger partial charge >= 0.3 is 0 Å². The van der Waals surface area contributed by atoms with E-state index in [1.54, 1.807) is 6.26 Å². The summed E-state index contributed by atoms with van der Waals surface area (Å²) >= 11 is 0. The Kier molecular flexibility index (Phi) is 6.38. The highest BCUT2D eigenvalue weighted by Crippen LogP contribution is 1.94. The van der Waals surface area contributed by atoms with Gasteiger partial charge in [0, 0.05) is 0 Å². The lowest BCUT2D eigenvalue weighted by molar-refractivity contribution is 0.210.